The van der Waals surface area contributed by atoms with Gasteiger partial charge in [-0.3, -0.25) is 4.98 Å². The zero-order valence-electron chi connectivity index (χ0n) is 32.5. The van der Waals surface area contributed by atoms with Crippen LogP contribution in [-0.2, 0) is 43.8 Å². The Bertz CT molecular complexity index is 2270. The smallest absolute Gasteiger partial charge is 0.475 e. The van der Waals surface area contributed by atoms with Gasteiger partial charge in [0.15, 0.2) is 11.6 Å². The molecule has 5 heterocycles. The molecule has 4 aromatic rings. The Hall–Kier alpha value is -5.80. The second kappa shape index (κ2) is 21.5. The number of alkyl halides is 9. The van der Waals surface area contributed by atoms with Crippen molar-refractivity contribution < 1.29 is 82.2 Å². The van der Waals surface area contributed by atoms with E-state index in [1.54, 1.807) is 23.6 Å². The van der Waals surface area contributed by atoms with Crippen LogP contribution >= 0.6 is 11.6 Å². The van der Waals surface area contributed by atoms with Crippen molar-refractivity contribution in [3.63, 3.8) is 0 Å². The molecule has 0 atom stereocenters. The number of benzene rings is 1. The summed E-state index contributed by atoms with van der Waals surface area (Å²) >= 11 is 6.41. The molecule has 2 aliphatic rings. The number of anilines is 4. The molecular weight excluding hydrogens is 915 g/mol. The normalized spacial score (nSPS) is 14.6. The van der Waals surface area contributed by atoms with Crippen LogP contribution in [0.2, 0.25) is 5.02 Å². The summed E-state index contributed by atoms with van der Waals surface area (Å²) in [7, 11) is -1.45. The summed E-state index contributed by atoms with van der Waals surface area (Å²) in [4.78, 5) is 42.5. The van der Waals surface area contributed by atoms with Crippen LogP contribution in [0.3, 0.4) is 0 Å². The lowest BCUT2D eigenvalue weighted by atomic mass is 9.96. The number of halogens is 10. The van der Waals surface area contributed by atoms with Crippen LogP contribution in [0.25, 0.3) is 0 Å². The molecule has 0 aliphatic carbocycles. The third kappa shape index (κ3) is 16.1. The molecule has 0 saturated carbocycles. The lowest BCUT2D eigenvalue weighted by Gasteiger charge is -2.33. The molecule has 28 heteroatoms. The van der Waals surface area contributed by atoms with Gasteiger partial charge < -0.3 is 35.4 Å². The molecule has 0 unspecified atom stereocenters. The average Bonchev–Trinajstić information content (AvgIpc) is 3.62. The number of aromatic nitrogens is 4. The number of carboxylic acids is 3. The van der Waals surface area contributed by atoms with Crippen LogP contribution < -0.4 is 10.6 Å². The Morgan fingerprint density at radius 3 is 1.95 bits per heavy atom. The number of hydrogen-bond acceptors (Lipinski definition) is 13. The number of sulfonamides is 1. The molecule has 6 bridgehead atoms. The highest BCUT2D eigenvalue weighted by Gasteiger charge is 2.39. The monoisotopic (exact) mass is 950 g/mol. The molecule has 5 N–H and O–H groups in total. The number of fused-ring (bicyclic) bond motifs is 6. The fourth-order valence-corrected chi connectivity index (χ4v) is 7.33. The van der Waals surface area contributed by atoms with E-state index in [1.807, 2.05) is 6.20 Å². The van der Waals surface area contributed by atoms with Gasteiger partial charge in [0.25, 0.3) is 0 Å². The topological polar surface area (TPSA) is 241 Å². The van der Waals surface area contributed by atoms with Gasteiger partial charge >= 0.3 is 36.4 Å². The van der Waals surface area contributed by atoms with Gasteiger partial charge in [-0.15, -0.1) is 0 Å². The summed E-state index contributed by atoms with van der Waals surface area (Å²) in [5.74, 6) is -6.57. The summed E-state index contributed by atoms with van der Waals surface area (Å²) in [5.41, 5.74) is 5.33. The van der Waals surface area contributed by atoms with E-state index in [2.05, 4.69) is 67.0 Å². The zero-order chi connectivity index (χ0) is 47.5. The fraction of sp³-hybridized carbons (Fsp3) is 0.400. The number of nitrogens with one attached hydrogen (secondary N) is 2. The first-order valence-electron chi connectivity index (χ1n) is 17.7. The van der Waals surface area contributed by atoms with Crippen LogP contribution in [0.5, 0.6) is 0 Å². The van der Waals surface area contributed by atoms with E-state index in [0.717, 1.165) is 55.7 Å². The molecule has 0 amide bonds. The van der Waals surface area contributed by atoms with Gasteiger partial charge in [-0.1, -0.05) is 22.8 Å². The molecule has 1 fully saturated rings. The second-order valence-electron chi connectivity index (χ2n) is 13.4. The molecule has 0 spiro atoms. The highest BCUT2D eigenvalue weighted by Crippen LogP contribution is 2.30. The third-order valence-electron chi connectivity index (χ3n) is 8.58. The Balaban J connectivity index is 0.000000416. The molecule has 1 saturated heterocycles. The van der Waals surface area contributed by atoms with Gasteiger partial charge in [-0.2, -0.15) is 48.8 Å². The number of nitrogens with zero attached hydrogens (tertiary/aromatic N) is 6. The van der Waals surface area contributed by atoms with E-state index < -0.39 is 46.5 Å². The maximum Gasteiger partial charge on any atom is 0.490 e. The second-order valence-corrected chi connectivity index (χ2v) is 15.7. The summed E-state index contributed by atoms with van der Waals surface area (Å²) in [5, 5.41) is 32.0. The van der Waals surface area contributed by atoms with E-state index in [9.17, 15) is 47.9 Å². The highest BCUT2D eigenvalue weighted by atomic mass is 35.5. The van der Waals surface area contributed by atoms with Crippen molar-refractivity contribution in [1.29, 1.82) is 0 Å². The first-order chi connectivity index (χ1) is 29.1. The van der Waals surface area contributed by atoms with E-state index in [0.29, 0.717) is 41.6 Å². The molecule has 2 aliphatic heterocycles. The molecule has 63 heavy (non-hydrogen) atoms. The lowest BCUT2D eigenvalue weighted by Crippen LogP contribution is -2.41. The van der Waals surface area contributed by atoms with Gasteiger partial charge in [0.1, 0.15) is 9.92 Å². The van der Waals surface area contributed by atoms with Crippen molar-refractivity contribution in [2.75, 3.05) is 37.3 Å². The van der Waals surface area contributed by atoms with Gasteiger partial charge in [-0.05, 0) is 80.5 Å². The Kier molecular flexibility index (Phi) is 17.6. The Labute approximate surface area is 355 Å². The standard InChI is InChI=1S/C29H33ClN8O3S.3C2HF3O2/c1-19-27(16-33-41-19)42(39,40)38-9-7-20(8-10-38)17-37(2)18-23-5-6-24-12-22(23)4-3-21-11-25(14-31-13-21)35-29-32-15-26(30)28(34-24)36-29;3*3-2(4,5)1(6)7/h5-6,11-16,20H,3-4,7-10,17-18H2,1-2H3,(H2,32,34,35,36);3*(H,6,7). The number of carboxylic acid groups (broad SMARTS) is 3. The zero-order valence-corrected chi connectivity index (χ0v) is 34.1. The number of pyridine rings is 1. The van der Waals surface area contributed by atoms with Crippen molar-refractivity contribution in [2.45, 2.75) is 62.6 Å². The maximum absolute atomic E-state index is 13.0. The predicted octanol–water partition coefficient (Wildman–Crippen LogP) is 6.84. The highest BCUT2D eigenvalue weighted by molar-refractivity contribution is 7.89. The SMILES string of the molecule is Cc1oncc1S(=O)(=O)N1CCC(CN(C)Cc2ccc3cc2CCc2cncc(c2)Nc2ncc(Cl)c(n2)N3)CC1.O=C(O)C(F)(F)F.O=C(O)C(F)(F)F.O=C(O)C(F)(F)F. The van der Waals surface area contributed by atoms with Crippen LogP contribution in [-0.4, -0.2) is 116 Å². The van der Waals surface area contributed by atoms with E-state index >= 15 is 0 Å². The molecule has 346 valence electrons. The van der Waals surface area contributed by atoms with Gasteiger partial charge in [0, 0.05) is 38.1 Å². The minimum Gasteiger partial charge on any atom is -0.475 e. The predicted molar refractivity (Wildman–Crippen MR) is 202 cm³/mol. The minimum absolute atomic E-state index is 0.159. The number of rotatable bonds is 6. The van der Waals surface area contributed by atoms with Crippen molar-refractivity contribution in [2.24, 2.45) is 5.92 Å². The Morgan fingerprint density at radius 2 is 1.43 bits per heavy atom. The molecule has 6 rings (SSSR count). The molecule has 17 nitrogen and oxygen atoms in total. The first-order valence-corrected chi connectivity index (χ1v) is 19.5. The number of aryl methyl sites for hydroxylation is 3. The van der Waals surface area contributed by atoms with E-state index in [-0.39, 0.29) is 4.90 Å². The van der Waals surface area contributed by atoms with Crippen LogP contribution in [0.1, 0.15) is 35.3 Å². The summed E-state index contributed by atoms with van der Waals surface area (Å²) in [6.45, 7) is 4.28. The van der Waals surface area contributed by atoms with E-state index in [1.165, 1.54) is 17.3 Å². The molecule has 1 aromatic carbocycles. The summed E-state index contributed by atoms with van der Waals surface area (Å²) in [6, 6.07) is 8.45. The Morgan fingerprint density at radius 1 is 0.857 bits per heavy atom. The van der Waals surface area contributed by atoms with Crippen molar-refractivity contribution in [1.82, 2.24) is 29.3 Å². The summed E-state index contributed by atoms with van der Waals surface area (Å²) in [6.07, 6.45) is -5.44. The molecule has 3 aromatic heterocycles. The number of hydrogen-bond donors (Lipinski definition) is 5. The number of aliphatic carboxylic acids is 3. The summed E-state index contributed by atoms with van der Waals surface area (Å²) < 4.78 is 128. The quantitative estimate of drug-likeness (QED) is 0.124. The lowest BCUT2D eigenvalue weighted by molar-refractivity contribution is -0.193. The van der Waals surface area contributed by atoms with Gasteiger partial charge in [-0.25, -0.2) is 27.8 Å². The molecule has 0 radical (unpaired) electrons. The van der Waals surface area contributed by atoms with Crippen LogP contribution in [0.15, 0.2) is 58.5 Å². The maximum atomic E-state index is 13.0. The van der Waals surface area contributed by atoms with Crippen molar-refractivity contribution >= 4 is 62.7 Å². The molecular formula is C35H36ClF9N8O9S. The number of carbonyl (C=O) groups is 3. The van der Waals surface area contributed by atoms with Gasteiger partial charge in [0.05, 0.1) is 24.3 Å². The fourth-order valence-electron chi connectivity index (χ4n) is 5.65. The largest absolute Gasteiger partial charge is 0.490 e. The van der Waals surface area contributed by atoms with Crippen LogP contribution in [0, 0.1) is 12.8 Å². The van der Waals surface area contributed by atoms with Gasteiger partial charge in [0.2, 0.25) is 16.0 Å². The third-order valence-corrected chi connectivity index (χ3v) is 10.9. The minimum atomic E-state index is -5.08. The van der Waals surface area contributed by atoms with Crippen molar-refractivity contribution in [3.05, 3.63) is 76.5 Å². The first kappa shape index (κ1) is 51.5. The number of piperidine rings is 1. The van der Waals surface area contributed by atoms with Crippen LogP contribution in [0.4, 0.5) is 62.7 Å². The van der Waals surface area contributed by atoms with E-state index in [4.69, 9.17) is 45.8 Å². The average molecular weight is 951 g/mol. The van der Waals surface area contributed by atoms with Crippen molar-refractivity contribution in [3.8, 4) is 0 Å².